The number of hydrogen-bond donors (Lipinski definition) is 0. The average Bonchev–Trinajstić information content (AvgIpc) is 2.19. The van der Waals surface area contributed by atoms with Gasteiger partial charge in [-0.15, -0.1) is 0 Å². The van der Waals surface area contributed by atoms with Gasteiger partial charge in [-0.3, -0.25) is 4.79 Å². The lowest BCUT2D eigenvalue weighted by molar-refractivity contribution is -0.127. The summed E-state index contributed by atoms with van der Waals surface area (Å²) >= 11 is 0. The normalized spacial score (nSPS) is 11.4. The van der Waals surface area contributed by atoms with Crippen LogP contribution in [0.2, 0.25) is 0 Å². The highest BCUT2D eigenvalue weighted by atomic mass is 16.1. The molecule has 1 aromatic rings. The minimum absolute atomic E-state index is 0.225. The predicted octanol–water partition coefficient (Wildman–Crippen LogP) is 3.62. The molecule has 0 atom stereocenters. The molecule has 1 nitrogen and oxygen atoms in total. The molecule has 0 fully saturated rings. The molecule has 0 bridgehead atoms. The summed E-state index contributed by atoms with van der Waals surface area (Å²) in [5.41, 5.74) is 1.02. The molecule has 0 saturated carbocycles. The second kappa shape index (κ2) is 5.11. The van der Waals surface area contributed by atoms with Gasteiger partial charge in [0.15, 0.2) is 0 Å². The molecule has 15 heavy (non-hydrogen) atoms. The highest BCUT2D eigenvalue weighted by Gasteiger charge is 2.26. The topological polar surface area (TPSA) is 17.1 Å². The fraction of sp³-hybridized carbons (Fsp3) is 0.500. The molecule has 0 aliphatic heterocycles. The van der Waals surface area contributed by atoms with Crippen LogP contribution >= 0.6 is 0 Å². The van der Waals surface area contributed by atoms with Crippen molar-refractivity contribution in [3.8, 4) is 0 Å². The van der Waals surface area contributed by atoms with Crippen molar-refractivity contribution in [2.75, 3.05) is 0 Å². The van der Waals surface area contributed by atoms with Gasteiger partial charge in [0.05, 0.1) is 0 Å². The Balaban J connectivity index is 2.68. The smallest absolute Gasteiger partial charge is 0.138 e. The summed E-state index contributed by atoms with van der Waals surface area (Å²) < 4.78 is 0. The Kier molecular flexibility index (Phi) is 4.07. The van der Waals surface area contributed by atoms with E-state index < -0.39 is 0 Å². The molecular weight excluding hydrogens is 184 g/mol. The molecule has 0 saturated heterocycles. The van der Waals surface area contributed by atoms with Crippen molar-refractivity contribution in [3.05, 3.63) is 35.9 Å². The Morgan fingerprint density at radius 1 is 1.20 bits per heavy atom. The maximum atomic E-state index is 11.9. The van der Waals surface area contributed by atoms with Crippen molar-refractivity contribution in [1.29, 1.82) is 0 Å². The molecule has 0 N–H and O–H groups in total. The number of carbonyl (C=O) groups excluding carboxylic acids is 1. The predicted molar refractivity (Wildman–Crippen MR) is 63.8 cm³/mol. The number of Topliss-reactive ketones (excluding diaryl/α,β-unsaturated/α-hetero) is 1. The number of carbonyl (C=O) groups is 1. The minimum atomic E-state index is -0.225. The van der Waals surface area contributed by atoms with E-state index in [1.54, 1.807) is 0 Å². The number of hydrogen-bond acceptors (Lipinski definition) is 1. The molecule has 1 heteroatoms. The summed E-state index contributed by atoms with van der Waals surface area (Å²) in [4.78, 5) is 11.9. The van der Waals surface area contributed by atoms with E-state index in [4.69, 9.17) is 0 Å². The van der Waals surface area contributed by atoms with Crippen LogP contribution in [0.25, 0.3) is 0 Å². The number of benzene rings is 1. The van der Waals surface area contributed by atoms with Gasteiger partial charge in [-0.1, -0.05) is 51.1 Å². The molecule has 0 heterocycles. The molecule has 82 valence electrons. The van der Waals surface area contributed by atoms with Crippen LogP contribution in [0.5, 0.6) is 0 Å². The van der Waals surface area contributed by atoms with Crippen LogP contribution in [0.4, 0.5) is 0 Å². The van der Waals surface area contributed by atoms with Gasteiger partial charge in [0.1, 0.15) is 5.78 Å². The Bertz CT molecular complexity index is 311. The van der Waals surface area contributed by atoms with Crippen LogP contribution in [0.15, 0.2) is 30.3 Å². The first kappa shape index (κ1) is 12.0. The highest BCUT2D eigenvalue weighted by molar-refractivity contribution is 5.84. The molecule has 0 radical (unpaired) electrons. The zero-order valence-electron chi connectivity index (χ0n) is 9.92. The van der Waals surface area contributed by atoms with Gasteiger partial charge < -0.3 is 0 Å². The van der Waals surface area contributed by atoms with E-state index in [2.05, 4.69) is 19.1 Å². The van der Waals surface area contributed by atoms with E-state index in [1.807, 2.05) is 32.0 Å². The van der Waals surface area contributed by atoms with Gasteiger partial charge in [-0.25, -0.2) is 0 Å². The van der Waals surface area contributed by atoms with E-state index in [0.717, 1.165) is 12.8 Å². The standard InChI is InChI=1S/C14H20O/c1-4-8-13(15)14(2,3)11-12-9-6-5-7-10-12/h5-7,9-10H,4,8,11H2,1-3H3. The quantitative estimate of drug-likeness (QED) is 0.716. The fourth-order valence-corrected chi connectivity index (χ4v) is 1.77. The molecule has 0 amide bonds. The van der Waals surface area contributed by atoms with Crippen LogP contribution in [0.3, 0.4) is 0 Å². The van der Waals surface area contributed by atoms with E-state index in [0.29, 0.717) is 12.2 Å². The van der Waals surface area contributed by atoms with Gasteiger partial charge in [0.25, 0.3) is 0 Å². The molecule has 1 rings (SSSR count). The Hall–Kier alpha value is -1.11. The lowest BCUT2D eigenvalue weighted by Gasteiger charge is -2.22. The van der Waals surface area contributed by atoms with Crippen molar-refractivity contribution < 1.29 is 4.79 Å². The van der Waals surface area contributed by atoms with E-state index >= 15 is 0 Å². The summed E-state index contributed by atoms with van der Waals surface area (Å²) in [7, 11) is 0. The molecule has 0 aliphatic rings. The zero-order valence-corrected chi connectivity index (χ0v) is 9.92. The van der Waals surface area contributed by atoms with Gasteiger partial charge in [0.2, 0.25) is 0 Å². The van der Waals surface area contributed by atoms with Crippen LogP contribution in [0, 0.1) is 5.41 Å². The molecular formula is C14H20O. The monoisotopic (exact) mass is 204 g/mol. The first-order valence-electron chi connectivity index (χ1n) is 5.63. The zero-order chi connectivity index (χ0) is 11.3. The number of ketones is 1. The Morgan fingerprint density at radius 3 is 2.33 bits per heavy atom. The third-order valence-corrected chi connectivity index (χ3v) is 2.72. The molecule has 0 aliphatic carbocycles. The van der Waals surface area contributed by atoms with Crippen LogP contribution in [-0.4, -0.2) is 5.78 Å². The first-order valence-corrected chi connectivity index (χ1v) is 5.63. The second-order valence-corrected chi connectivity index (χ2v) is 4.72. The van der Waals surface area contributed by atoms with Gasteiger partial charge in [0, 0.05) is 11.8 Å². The van der Waals surface area contributed by atoms with Crippen molar-refractivity contribution in [1.82, 2.24) is 0 Å². The number of rotatable bonds is 5. The largest absolute Gasteiger partial charge is 0.299 e. The maximum absolute atomic E-state index is 11.9. The lowest BCUT2D eigenvalue weighted by Crippen LogP contribution is -2.26. The van der Waals surface area contributed by atoms with Gasteiger partial charge in [-0.2, -0.15) is 0 Å². The van der Waals surface area contributed by atoms with E-state index in [9.17, 15) is 4.79 Å². The fourth-order valence-electron chi connectivity index (χ4n) is 1.77. The summed E-state index contributed by atoms with van der Waals surface area (Å²) in [6.45, 7) is 6.13. The Labute approximate surface area is 92.5 Å². The lowest BCUT2D eigenvalue weighted by atomic mass is 9.80. The van der Waals surface area contributed by atoms with Crippen molar-refractivity contribution in [2.24, 2.45) is 5.41 Å². The van der Waals surface area contributed by atoms with Crippen LogP contribution < -0.4 is 0 Å². The molecule has 0 aromatic heterocycles. The van der Waals surface area contributed by atoms with Crippen molar-refractivity contribution in [2.45, 2.75) is 40.0 Å². The van der Waals surface area contributed by atoms with Crippen molar-refractivity contribution >= 4 is 5.78 Å². The second-order valence-electron chi connectivity index (χ2n) is 4.72. The van der Waals surface area contributed by atoms with Crippen LogP contribution in [0.1, 0.15) is 39.2 Å². The summed E-state index contributed by atoms with van der Waals surface area (Å²) in [5, 5.41) is 0. The Morgan fingerprint density at radius 2 is 1.80 bits per heavy atom. The molecule has 0 unspecified atom stereocenters. The van der Waals surface area contributed by atoms with Crippen LogP contribution in [-0.2, 0) is 11.2 Å². The summed E-state index contributed by atoms with van der Waals surface area (Å²) in [5.74, 6) is 0.369. The van der Waals surface area contributed by atoms with E-state index in [1.165, 1.54) is 5.56 Å². The molecule has 0 spiro atoms. The maximum Gasteiger partial charge on any atom is 0.138 e. The van der Waals surface area contributed by atoms with E-state index in [-0.39, 0.29) is 5.41 Å². The summed E-state index contributed by atoms with van der Waals surface area (Å²) in [6.07, 6.45) is 2.48. The summed E-state index contributed by atoms with van der Waals surface area (Å²) in [6, 6.07) is 10.2. The minimum Gasteiger partial charge on any atom is -0.299 e. The highest BCUT2D eigenvalue weighted by Crippen LogP contribution is 2.24. The average molecular weight is 204 g/mol. The van der Waals surface area contributed by atoms with Crippen molar-refractivity contribution in [3.63, 3.8) is 0 Å². The van der Waals surface area contributed by atoms with Gasteiger partial charge in [-0.05, 0) is 18.4 Å². The third-order valence-electron chi connectivity index (χ3n) is 2.72. The molecule has 1 aromatic carbocycles. The third kappa shape index (κ3) is 3.50. The SMILES string of the molecule is CCCC(=O)C(C)(C)Cc1ccccc1. The van der Waals surface area contributed by atoms with Gasteiger partial charge >= 0.3 is 0 Å². The first-order chi connectivity index (χ1) is 7.06.